The molecule has 0 aliphatic heterocycles. The predicted molar refractivity (Wildman–Crippen MR) is 78.7 cm³/mol. The van der Waals surface area contributed by atoms with Crippen molar-refractivity contribution in [1.29, 1.82) is 0 Å². The van der Waals surface area contributed by atoms with Gasteiger partial charge in [0.2, 0.25) is 0 Å². The molecule has 3 nitrogen and oxygen atoms in total. The highest BCUT2D eigenvalue weighted by Crippen LogP contribution is 2.25. The van der Waals surface area contributed by atoms with Crippen molar-refractivity contribution in [3.05, 3.63) is 53.3 Å². The summed E-state index contributed by atoms with van der Waals surface area (Å²) in [6.45, 7) is 1.96. The molecule has 2 aromatic carbocycles. The summed E-state index contributed by atoms with van der Waals surface area (Å²) in [5, 5.41) is 0. The van der Waals surface area contributed by atoms with Gasteiger partial charge in [-0.05, 0) is 31.2 Å². The molecule has 0 spiro atoms. The summed E-state index contributed by atoms with van der Waals surface area (Å²) in [6, 6.07) is 9.60. The minimum atomic E-state index is -1.35. The summed E-state index contributed by atoms with van der Waals surface area (Å²) in [4.78, 5) is 0.440. The molecule has 2 N–H and O–H groups in total. The maximum Gasteiger partial charge on any atom is 0.125 e. The summed E-state index contributed by atoms with van der Waals surface area (Å²) in [5.41, 5.74) is 7.82. The highest BCUT2D eigenvalue weighted by Gasteiger charge is 2.13. The van der Waals surface area contributed by atoms with E-state index in [0.717, 1.165) is 11.1 Å². The van der Waals surface area contributed by atoms with Crippen LogP contribution in [0, 0.1) is 12.7 Å². The SMILES string of the molecule is COc1ccc(C)cc1CS(=O)c1ccc(F)cc1N. The average Bonchev–Trinajstić information content (AvgIpc) is 2.38. The van der Waals surface area contributed by atoms with E-state index in [4.69, 9.17) is 10.5 Å². The van der Waals surface area contributed by atoms with Crippen molar-refractivity contribution < 1.29 is 13.3 Å². The second-order valence-electron chi connectivity index (χ2n) is 4.49. The standard InChI is InChI=1S/C15H16FNO2S/c1-10-3-5-14(19-2)11(7-10)9-20(18)15-6-4-12(16)8-13(15)17/h3-8H,9,17H2,1-2H3. The van der Waals surface area contributed by atoms with Crippen LogP contribution in [-0.4, -0.2) is 11.3 Å². The Labute approximate surface area is 120 Å². The Hall–Kier alpha value is -1.88. The Morgan fingerprint density at radius 1 is 1.25 bits per heavy atom. The molecule has 0 heterocycles. The molecule has 106 valence electrons. The van der Waals surface area contributed by atoms with E-state index in [9.17, 15) is 8.60 Å². The summed E-state index contributed by atoms with van der Waals surface area (Å²) in [6.07, 6.45) is 0. The number of aryl methyl sites for hydroxylation is 1. The smallest absolute Gasteiger partial charge is 0.125 e. The largest absolute Gasteiger partial charge is 0.496 e. The van der Waals surface area contributed by atoms with Crippen molar-refractivity contribution in [3.8, 4) is 5.75 Å². The topological polar surface area (TPSA) is 52.3 Å². The molecule has 0 saturated heterocycles. The quantitative estimate of drug-likeness (QED) is 0.882. The van der Waals surface area contributed by atoms with Crippen LogP contribution in [0.3, 0.4) is 0 Å². The fraction of sp³-hybridized carbons (Fsp3) is 0.200. The van der Waals surface area contributed by atoms with Crippen LogP contribution in [0.5, 0.6) is 5.75 Å². The maximum absolute atomic E-state index is 13.0. The molecule has 2 aromatic rings. The minimum absolute atomic E-state index is 0.204. The molecule has 1 atom stereocenters. The van der Waals surface area contributed by atoms with Crippen molar-refractivity contribution in [3.63, 3.8) is 0 Å². The van der Waals surface area contributed by atoms with Gasteiger partial charge in [0.05, 0.1) is 34.2 Å². The Balaban J connectivity index is 2.30. The molecule has 0 fully saturated rings. The number of halogens is 1. The van der Waals surface area contributed by atoms with Crippen LogP contribution in [-0.2, 0) is 16.6 Å². The Morgan fingerprint density at radius 2 is 2.00 bits per heavy atom. The molecule has 2 rings (SSSR count). The van der Waals surface area contributed by atoms with Gasteiger partial charge >= 0.3 is 0 Å². The number of nitrogen functional groups attached to an aromatic ring is 1. The van der Waals surface area contributed by atoms with Crippen LogP contribution in [0.25, 0.3) is 0 Å². The number of hydrogen-bond donors (Lipinski definition) is 1. The van der Waals surface area contributed by atoms with E-state index in [0.29, 0.717) is 10.6 Å². The van der Waals surface area contributed by atoms with Crippen LogP contribution >= 0.6 is 0 Å². The summed E-state index contributed by atoms with van der Waals surface area (Å²) < 4.78 is 30.6. The van der Waals surface area contributed by atoms with Crippen LogP contribution in [0.15, 0.2) is 41.3 Å². The summed E-state index contributed by atoms with van der Waals surface area (Å²) >= 11 is 0. The second kappa shape index (κ2) is 6.05. The summed E-state index contributed by atoms with van der Waals surface area (Å²) in [7, 11) is 0.227. The fourth-order valence-electron chi connectivity index (χ4n) is 1.97. The average molecular weight is 293 g/mol. The monoisotopic (exact) mass is 293 g/mol. The lowest BCUT2D eigenvalue weighted by molar-refractivity contribution is 0.411. The van der Waals surface area contributed by atoms with Gasteiger partial charge in [-0.3, -0.25) is 4.21 Å². The van der Waals surface area contributed by atoms with Crippen molar-refractivity contribution in [2.24, 2.45) is 0 Å². The molecule has 1 unspecified atom stereocenters. The first-order valence-electron chi connectivity index (χ1n) is 6.08. The number of anilines is 1. The number of rotatable bonds is 4. The van der Waals surface area contributed by atoms with Crippen molar-refractivity contribution in [2.45, 2.75) is 17.6 Å². The third-order valence-electron chi connectivity index (χ3n) is 2.94. The van der Waals surface area contributed by atoms with Gasteiger partial charge in [0.15, 0.2) is 0 Å². The molecular formula is C15H16FNO2S. The van der Waals surface area contributed by atoms with Crippen molar-refractivity contribution in [1.82, 2.24) is 0 Å². The molecule has 0 aliphatic carbocycles. The van der Waals surface area contributed by atoms with Gasteiger partial charge in [0, 0.05) is 5.56 Å². The molecule has 0 radical (unpaired) electrons. The van der Waals surface area contributed by atoms with Gasteiger partial charge in [-0.25, -0.2) is 4.39 Å². The first-order chi connectivity index (χ1) is 9.51. The van der Waals surface area contributed by atoms with E-state index in [1.165, 1.54) is 18.2 Å². The molecule has 0 aromatic heterocycles. The predicted octanol–water partition coefficient (Wildman–Crippen LogP) is 3.03. The van der Waals surface area contributed by atoms with E-state index in [1.54, 1.807) is 7.11 Å². The van der Waals surface area contributed by atoms with Gasteiger partial charge in [0.1, 0.15) is 11.6 Å². The molecular weight excluding hydrogens is 277 g/mol. The lowest BCUT2D eigenvalue weighted by Gasteiger charge is -2.10. The van der Waals surface area contributed by atoms with E-state index in [-0.39, 0.29) is 11.4 Å². The molecule has 20 heavy (non-hydrogen) atoms. The molecule has 0 amide bonds. The third kappa shape index (κ3) is 3.17. The Morgan fingerprint density at radius 3 is 2.65 bits per heavy atom. The van der Waals surface area contributed by atoms with Gasteiger partial charge in [0.25, 0.3) is 0 Å². The van der Waals surface area contributed by atoms with Gasteiger partial charge in [-0.2, -0.15) is 0 Å². The van der Waals surface area contributed by atoms with E-state index >= 15 is 0 Å². The number of methoxy groups -OCH3 is 1. The molecule has 0 aliphatic rings. The molecule has 5 heteroatoms. The number of hydrogen-bond acceptors (Lipinski definition) is 3. The van der Waals surface area contributed by atoms with E-state index < -0.39 is 16.6 Å². The molecule has 0 saturated carbocycles. The van der Waals surface area contributed by atoms with Gasteiger partial charge in [-0.1, -0.05) is 17.7 Å². The number of benzene rings is 2. The van der Waals surface area contributed by atoms with Gasteiger partial charge < -0.3 is 10.5 Å². The van der Waals surface area contributed by atoms with Gasteiger partial charge in [-0.15, -0.1) is 0 Å². The lowest BCUT2D eigenvalue weighted by Crippen LogP contribution is -2.03. The molecule has 0 bridgehead atoms. The zero-order valence-electron chi connectivity index (χ0n) is 11.4. The minimum Gasteiger partial charge on any atom is -0.496 e. The summed E-state index contributed by atoms with van der Waals surface area (Å²) in [5.74, 6) is 0.529. The van der Waals surface area contributed by atoms with Crippen LogP contribution in [0.2, 0.25) is 0 Å². The van der Waals surface area contributed by atoms with Crippen molar-refractivity contribution in [2.75, 3.05) is 12.8 Å². The Kier molecular flexibility index (Phi) is 4.39. The van der Waals surface area contributed by atoms with E-state index in [2.05, 4.69) is 0 Å². The first kappa shape index (κ1) is 14.5. The number of nitrogens with two attached hydrogens (primary N) is 1. The maximum atomic E-state index is 13.0. The van der Waals surface area contributed by atoms with Crippen LogP contribution in [0.4, 0.5) is 10.1 Å². The zero-order valence-corrected chi connectivity index (χ0v) is 12.2. The third-order valence-corrected chi connectivity index (χ3v) is 4.38. The highest BCUT2D eigenvalue weighted by molar-refractivity contribution is 7.84. The lowest BCUT2D eigenvalue weighted by atomic mass is 10.1. The highest BCUT2D eigenvalue weighted by atomic mass is 32.2. The fourth-order valence-corrected chi connectivity index (χ4v) is 3.17. The van der Waals surface area contributed by atoms with E-state index in [1.807, 2.05) is 25.1 Å². The van der Waals surface area contributed by atoms with Crippen molar-refractivity contribution >= 4 is 16.5 Å². The zero-order chi connectivity index (χ0) is 14.7. The number of ether oxygens (including phenoxy) is 1. The van der Waals surface area contributed by atoms with Crippen LogP contribution in [0.1, 0.15) is 11.1 Å². The second-order valence-corrected chi connectivity index (χ2v) is 5.91. The normalized spacial score (nSPS) is 12.2. The first-order valence-corrected chi connectivity index (χ1v) is 7.40. The Bertz CT molecular complexity index is 658. The van der Waals surface area contributed by atoms with Crippen LogP contribution < -0.4 is 10.5 Å².